The maximum atomic E-state index is 12.8. The summed E-state index contributed by atoms with van der Waals surface area (Å²) in [6, 6.07) is 4.07. The average molecular weight is 427 g/mol. The van der Waals surface area contributed by atoms with Crippen molar-refractivity contribution < 1.29 is 14.3 Å². The van der Waals surface area contributed by atoms with Crippen LogP contribution in [0.25, 0.3) is 0 Å². The molecule has 1 saturated heterocycles. The first-order valence-electron chi connectivity index (χ1n) is 10.7. The Morgan fingerprint density at radius 1 is 1.39 bits per heavy atom. The van der Waals surface area contributed by atoms with Gasteiger partial charge in [0.2, 0.25) is 5.91 Å². The van der Waals surface area contributed by atoms with Crippen LogP contribution in [0.1, 0.15) is 25.0 Å². The lowest BCUT2D eigenvalue weighted by atomic mass is 10.1. The van der Waals surface area contributed by atoms with Gasteiger partial charge in [0.25, 0.3) is 0 Å². The number of nitrogens with one attached hydrogen (secondary N) is 1. The number of aryl methyl sites for hydroxylation is 1. The predicted molar refractivity (Wildman–Crippen MR) is 119 cm³/mol. The Morgan fingerprint density at radius 3 is 2.90 bits per heavy atom. The van der Waals surface area contributed by atoms with E-state index in [1.54, 1.807) is 22.9 Å². The van der Waals surface area contributed by atoms with Crippen molar-refractivity contribution in [2.24, 2.45) is 12.0 Å². The second-order valence-electron chi connectivity index (χ2n) is 7.91. The number of nitrogens with zero attached hydrogens (tertiary/aromatic N) is 5. The summed E-state index contributed by atoms with van der Waals surface area (Å²) in [4.78, 5) is 21.4. The summed E-state index contributed by atoms with van der Waals surface area (Å²) in [6.45, 7) is 6.79. The van der Waals surface area contributed by atoms with Crippen LogP contribution in [0, 0.1) is 0 Å². The number of rotatable bonds is 5. The molecular weight excluding hydrogens is 396 g/mol. The smallest absolute Gasteiger partial charge is 0.246 e. The number of carbonyl (C=O) groups excluding carboxylic acids is 1. The summed E-state index contributed by atoms with van der Waals surface area (Å²) < 4.78 is 13.2. The zero-order chi connectivity index (χ0) is 22.0. The van der Waals surface area contributed by atoms with E-state index in [0.29, 0.717) is 19.6 Å². The number of benzene rings is 1. The molecule has 4 rings (SSSR count). The minimum absolute atomic E-state index is 0.0300. The van der Waals surface area contributed by atoms with Gasteiger partial charge in [-0.15, -0.1) is 0 Å². The number of methoxy groups -OCH3 is 1. The Hall–Kier alpha value is -3.23. The fraction of sp³-hybridized carbons (Fsp3) is 0.500. The first-order chi connectivity index (χ1) is 15.0. The van der Waals surface area contributed by atoms with Gasteiger partial charge in [0.1, 0.15) is 24.1 Å². The van der Waals surface area contributed by atoms with Crippen LogP contribution in [0.2, 0.25) is 0 Å². The molecule has 2 aliphatic heterocycles. The molecule has 31 heavy (non-hydrogen) atoms. The van der Waals surface area contributed by atoms with E-state index in [1.165, 1.54) is 5.56 Å². The molecule has 2 aliphatic rings. The topological polar surface area (TPSA) is 84.2 Å². The number of guanidine groups is 1. The molecule has 166 valence electrons. The number of anilines is 1. The van der Waals surface area contributed by atoms with E-state index in [2.05, 4.69) is 17.3 Å². The van der Waals surface area contributed by atoms with Gasteiger partial charge in [0.05, 0.1) is 25.5 Å². The zero-order valence-electron chi connectivity index (χ0n) is 18.6. The number of hydrogen-bond donors (Lipinski definition) is 1. The molecule has 0 bridgehead atoms. The van der Waals surface area contributed by atoms with Crippen molar-refractivity contribution in [3.63, 3.8) is 0 Å². The largest absolute Gasteiger partial charge is 0.496 e. The number of fused-ring (bicyclic) bond motifs is 1. The number of hydrogen-bond acceptors (Lipinski definition) is 5. The molecule has 1 unspecified atom stereocenters. The number of aromatic nitrogens is 2. The predicted octanol–water partition coefficient (Wildman–Crippen LogP) is 1.57. The lowest BCUT2D eigenvalue weighted by Crippen LogP contribution is -2.55. The van der Waals surface area contributed by atoms with E-state index in [0.717, 1.165) is 41.7 Å². The van der Waals surface area contributed by atoms with Gasteiger partial charge >= 0.3 is 0 Å². The third-order valence-electron chi connectivity index (χ3n) is 5.56. The van der Waals surface area contributed by atoms with Crippen molar-refractivity contribution in [1.82, 2.24) is 20.0 Å². The molecule has 0 saturated carbocycles. The van der Waals surface area contributed by atoms with Gasteiger partial charge in [0, 0.05) is 50.4 Å². The average Bonchev–Trinajstić information content (AvgIpc) is 3.34. The molecular formula is C22H30N6O3. The highest BCUT2D eigenvalue weighted by molar-refractivity contribution is 5.98. The highest BCUT2D eigenvalue weighted by atomic mass is 16.5. The van der Waals surface area contributed by atoms with Crippen molar-refractivity contribution in [3.05, 3.63) is 35.7 Å². The van der Waals surface area contributed by atoms with E-state index in [4.69, 9.17) is 14.5 Å². The van der Waals surface area contributed by atoms with Gasteiger partial charge in [0.15, 0.2) is 5.96 Å². The molecule has 2 aromatic rings. The zero-order valence-corrected chi connectivity index (χ0v) is 18.6. The Bertz CT molecular complexity index is 986. The summed E-state index contributed by atoms with van der Waals surface area (Å²) in [5, 5.41) is 7.48. The maximum absolute atomic E-state index is 12.8. The van der Waals surface area contributed by atoms with Crippen LogP contribution < -0.4 is 19.7 Å². The number of piperazine rings is 1. The van der Waals surface area contributed by atoms with Crippen molar-refractivity contribution in [3.8, 4) is 11.5 Å². The number of carbonyl (C=O) groups is 1. The Balaban J connectivity index is 1.49. The molecule has 0 radical (unpaired) electrons. The third-order valence-corrected chi connectivity index (χ3v) is 5.56. The maximum Gasteiger partial charge on any atom is 0.246 e. The van der Waals surface area contributed by atoms with Crippen LogP contribution in [-0.4, -0.2) is 65.9 Å². The molecule has 0 aliphatic carbocycles. The Morgan fingerprint density at radius 2 is 2.23 bits per heavy atom. The molecule has 1 fully saturated rings. The molecule has 3 heterocycles. The van der Waals surface area contributed by atoms with Crippen molar-refractivity contribution in [2.75, 3.05) is 38.2 Å². The molecule has 0 spiro atoms. The molecule has 1 N–H and O–H groups in total. The van der Waals surface area contributed by atoms with Crippen LogP contribution in [0.5, 0.6) is 11.5 Å². The Labute approximate surface area is 182 Å². The SMILES string of the molecule is CCNC(=NCc1cc2c(cc1OC)CC(C)O2)N1CCN(c2cnn(C)c2)C(=O)C1. The first-order valence-corrected chi connectivity index (χ1v) is 10.7. The van der Waals surface area contributed by atoms with Gasteiger partial charge in [-0.2, -0.15) is 5.10 Å². The monoisotopic (exact) mass is 426 g/mol. The van der Waals surface area contributed by atoms with E-state index in [9.17, 15) is 4.79 Å². The third kappa shape index (κ3) is 4.45. The van der Waals surface area contributed by atoms with Gasteiger partial charge in [-0.3, -0.25) is 9.48 Å². The first kappa shape index (κ1) is 21.0. The van der Waals surface area contributed by atoms with Gasteiger partial charge in [-0.25, -0.2) is 4.99 Å². The van der Waals surface area contributed by atoms with E-state index in [1.807, 2.05) is 37.2 Å². The Kier molecular flexibility index (Phi) is 6.01. The van der Waals surface area contributed by atoms with E-state index in [-0.39, 0.29) is 18.6 Å². The lowest BCUT2D eigenvalue weighted by molar-refractivity contribution is -0.120. The lowest BCUT2D eigenvalue weighted by Gasteiger charge is -2.35. The van der Waals surface area contributed by atoms with Crippen LogP contribution >= 0.6 is 0 Å². The summed E-state index contributed by atoms with van der Waals surface area (Å²) in [7, 11) is 3.52. The number of ether oxygens (including phenoxy) is 2. The second-order valence-corrected chi connectivity index (χ2v) is 7.91. The van der Waals surface area contributed by atoms with Gasteiger partial charge < -0.3 is 24.6 Å². The minimum atomic E-state index is 0.0300. The van der Waals surface area contributed by atoms with Gasteiger partial charge in [-0.1, -0.05) is 0 Å². The number of amides is 1. The summed E-state index contributed by atoms with van der Waals surface area (Å²) in [5.41, 5.74) is 2.96. The molecule has 1 aromatic carbocycles. The minimum Gasteiger partial charge on any atom is -0.496 e. The molecule has 1 atom stereocenters. The highest BCUT2D eigenvalue weighted by Crippen LogP contribution is 2.35. The van der Waals surface area contributed by atoms with Crippen LogP contribution in [0.4, 0.5) is 5.69 Å². The van der Waals surface area contributed by atoms with Gasteiger partial charge in [-0.05, 0) is 26.0 Å². The quantitative estimate of drug-likeness (QED) is 0.577. The molecule has 1 aromatic heterocycles. The van der Waals surface area contributed by atoms with E-state index >= 15 is 0 Å². The number of aliphatic imine (C=N–C) groups is 1. The second kappa shape index (κ2) is 8.87. The van der Waals surface area contributed by atoms with Crippen LogP contribution in [0.15, 0.2) is 29.5 Å². The highest BCUT2D eigenvalue weighted by Gasteiger charge is 2.28. The molecule has 9 heteroatoms. The molecule has 9 nitrogen and oxygen atoms in total. The standard InChI is InChI=1S/C22H30N6O3/c1-5-23-22(27-6-7-28(21(29)14-27)18-12-25-26(3)13-18)24-11-17-10-20-16(8-15(2)31-20)9-19(17)30-4/h9-10,12-13,15H,5-8,11,14H2,1-4H3,(H,23,24). The summed E-state index contributed by atoms with van der Waals surface area (Å²) >= 11 is 0. The van der Waals surface area contributed by atoms with E-state index < -0.39 is 0 Å². The molecule has 1 amide bonds. The van der Waals surface area contributed by atoms with Crippen LogP contribution in [-0.2, 0) is 24.8 Å². The fourth-order valence-corrected chi connectivity index (χ4v) is 4.06. The fourth-order valence-electron chi connectivity index (χ4n) is 4.06. The summed E-state index contributed by atoms with van der Waals surface area (Å²) in [6.07, 6.45) is 4.64. The van der Waals surface area contributed by atoms with Crippen molar-refractivity contribution in [1.29, 1.82) is 0 Å². The summed E-state index contributed by atoms with van der Waals surface area (Å²) in [5.74, 6) is 2.47. The van der Waals surface area contributed by atoms with Crippen molar-refractivity contribution >= 4 is 17.6 Å². The normalized spacial score (nSPS) is 18.8. The van der Waals surface area contributed by atoms with Crippen molar-refractivity contribution in [2.45, 2.75) is 32.9 Å². The van der Waals surface area contributed by atoms with Crippen LogP contribution in [0.3, 0.4) is 0 Å².